The number of piperazine rings is 1. The van der Waals surface area contributed by atoms with Gasteiger partial charge in [0.05, 0.1) is 60.6 Å². The van der Waals surface area contributed by atoms with Gasteiger partial charge in [-0.15, -0.1) is 0 Å². The summed E-state index contributed by atoms with van der Waals surface area (Å²) in [6.07, 6.45) is 5.23. The molecule has 3 aromatic heterocycles. The third-order valence-corrected chi connectivity index (χ3v) is 7.51. The van der Waals surface area contributed by atoms with Crippen molar-refractivity contribution in [3.8, 4) is 0 Å². The minimum Gasteiger partial charge on any atom is -0.396 e. The molecular formula is C32H42N10O. The lowest BCUT2D eigenvalue weighted by Gasteiger charge is -2.33. The van der Waals surface area contributed by atoms with E-state index < -0.39 is 0 Å². The molecule has 4 aromatic rings. The van der Waals surface area contributed by atoms with E-state index in [4.69, 9.17) is 16.2 Å². The molecule has 1 aromatic carbocycles. The van der Waals surface area contributed by atoms with Crippen molar-refractivity contribution in [2.45, 2.75) is 13.1 Å². The first-order valence-corrected chi connectivity index (χ1v) is 14.7. The molecule has 6 N–H and O–H groups in total. The molecule has 0 saturated carbocycles. The fraction of sp³-hybridized carbons (Fsp3) is 0.344. The van der Waals surface area contributed by atoms with Crippen LogP contribution in [0.25, 0.3) is 0 Å². The molecule has 11 heteroatoms. The van der Waals surface area contributed by atoms with E-state index in [0.29, 0.717) is 17.9 Å². The topological polar surface area (TPSA) is 134 Å². The highest BCUT2D eigenvalue weighted by Crippen LogP contribution is 2.25. The van der Waals surface area contributed by atoms with E-state index >= 15 is 0 Å². The van der Waals surface area contributed by atoms with Gasteiger partial charge in [0.1, 0.15) is 11.6 Å². The number of morpholine rings is 1. The molecule has 43 heavy (non-hydrogen) atoms. The summed E-state index contributed by atoms with van der Waals surface area (Å²) in [6.45, 7) is 8.74. The maximum atomic E-state index is 6.05. The van der Waals surface area contributed by atoms with Crippen molar-refractivity contribution in [2.75, 3.05) is 91.4 Å². The van der Waals surface area contributed by atoms with Gasteiger partial charge in [0.2, 0.25) is 0 Å². The molecule has 2 aliphatic heterocycles. The molecular weight excluding hydrogens is 540 g/mol. The second kappa shape index (κ2) is 15.0. The second-order valence-electron chi connectivity index (χ2n) is 10.7. The molecule has 0 bridgehead atoms. The van der Waals surface area contributed by atoms with Crippen LogP contribution in [-0.4, -0.2) is 79.4 Å². The van der Waals surface area contributed by atoms with Crippen molar-refractivity contribution in [1.29, 1.82) is 0 Å². The Bertz CT molecular complexity index is 1410. The minimum absolute atomic E-state index is 0.637. The Balaban J connectivity index is 0.000000171. The number of nitrogen functional groups attached to an aromatic ring is 2. The molecule has 2 fully saturated rings. The summed E-state index contributed by atoms with van der Waals surface area (Å²) in [5.41, 5.74) is 17.4. The number of rotatable bonds is 8. The van der Waals surface area contributed by atoms with Gasteiger partial charge in [0, 0.05) is 64.1 Å². The number of likely N-dealkylation sites (N-methyl/N-ethyl adjacent to an activating group) is 1. The van der Waals surface area contributed by atoms with Crippen molar-refractivity contribution < 1.29 is 4.74 Å². The molecule has 2 aliphatic rings. The van der Waals surface area contributed by atoms with Crippen LogP contribution in [-0.2, 0) is 17.8 Å². The number of hydrogen-bond acceptors (Lipinski definition) is 11. The molecule has 226 valence electrons. The Morgan fingerprint density at radius 1 is 0.698 bits per heavy atom. The van der Waals surface area contributed by atoms with E-state index in [-0.39, 0.29) is 0 Å². The smallest absolute Gasteiger partial charge is 0.130 e. The van der Waals surface area contributed by atoms with Crippen molar-refractivity contribution in [3.63, 3.8) is 0 Å². The Morgan fingerprint density at radius 3 is 1.88 bits per heavy atom. The van der Waals surface area contributed by atoms with Crippen LogP contribution in [0.1, 0.15) is 11.3 Å². The predicted molar refractivity (Wildman–Crippen MR) is 175 cm³/mol. The van der Waals surface area contributed by atoms with E-state index in [1.54, 1.807) is 18.6 Å². The summed E-state index contributed by atoms with van der Waals surface area (Å²) in [7, 11) is 2.15. The van der Waals surface area contributed by atoms with Crippen molar-refractivity contribution in [3.05, 3.63) is 90.5 Å². The largest absolute Gasteiger partial charge is 0.396 e. The second-order valence-corrected chi connectivity index (χ2v) is 10.7. The molecule has 11 nitrogen and oxygen atoms in total. The van der Waals surface area contributed by atoms with Gasteiger partial charge in [0.15, 0.2) is 0 Å². The maximum absolute atomic E-state index is 6.05. The van der Waals surface area contributed by atoms with E-state index in [9.17, 15) is 0 Å². The first kappa shape index (κ1) is 29.9. The van der Waals surface area contributed by atoms with Crippen molar-refractivity contribution in [2.24, 2.45) is 0 Å². The Hall–Kier alpha value is -4.61. The summed E-state index contributed by atoms with van der Waals surface area (Å²) in [6, 6.07) is 20.2. The van der Waals surface area contributed by atoms with Crippen molar-refractivity contribution >= 4 is 34.4 Å². The summed E-state index contributed by atoms with van der Waals surface area (Å²) < 4.78 is 5.36. The van der Waals surface area contributed by atoms with Crippen LogP contribution in [0.4, 0.5) is 34.4 Å². The van der Waals surface area contributed by atoms with Crippen LogP contribution < -0.4 is 31.9 Å². The number of pyridine rings is 3. The van der Waals surface area contributed by atoms with Crippen LogP contribution >= 0.6 is 0 Å². The Labute approximate surface area is 253 Å². The van der Waals surface area contributed by atoms with Gasteiger partial charge in [-0.3, -0.25) is 4.98 Å². The molecule has 0 radical (unpaired) electrons. The maximum Gasteiger partial charge on any atom is 0.130 e. The summed E-state index contributed by atoms with van der Waals surface area (Å²) >= 11 is 0. The average molecular weight is 583 g/mol. The van der Waals surface area contributed by atoms with Crippen LogP contribution in [0, 0.1) is 0 Å². The fourth-order valence-corrected chi connectivity index (χ4v) is 4.87. The normalized spacial score (nSPS) is 15.4. The molecule has 0 spiro atoms. The zero-order valence-corrected chi connectivity index (χ0v) is 24.8. The first-order valence-electron chi connectivity index (χ1n) is 14.7. The standard InChI is InChI=1S/C17H23N5.C15H19N5O/c1-21-7-9-22(10-8-21)17-11-16(15(18)13-20-17)19-12-14-5-3-2-4-6-14;16-13-11-19-15(20-5-7-21-8-6-20)9-14(13)18-10-12-3-1-2-4-17-12/h2-6,11,13H,7-10,12,18H2,1H3,(H,19,20);1-4,9,11H,5-8,10,16H2,(H,18,19). The number of ether oxygens (including phenoxy) is 1. The van der Waals surface area contributed by atoms with Gasteiger partial charge in [-0.25, -0.2) is 9.97 Å². The van der Waals surface area contributed by atoms with Gasteiger partial charge in [0.25, 0.3) is 0 Å². The monoisotopic (exact) mass is 582 g/mol. The lowest BCUT2D eigenvalue weighted by molar-refractivity contribution is 0.122. The van der Waals surface area contributed by atoms with Gasteiger partial charge in [-0.05, 0) is 24.7 Å². The first-order chi connectivity index (χ1) is 21.0. The van der Waals surface area contributed by atoms with Gasteiger partial charge in [-0.2, -0.15) is 0 Å². The molecule has 0 atom stereocenters. The Morgan fingerprint density at radius 2 is 1.28 bits per heavy atom. The van der Waals surface area contributed by atoms with E-state index in [2.05, 4.69) is 65.5 Å². The average Bonchev–Trinajstić information content (AvgIpc) is 3.06. The molecule has 6 rings (SSSR count). The van der Waals surface area contributed by atoms with Crippen LogP contribution in [0.5, 0.6) is 0 Å². The van der Waals surface area contributed by atoms with Crippen LogP contribution in [0.15, 0.2) is 79.3 Å². The highest BCUT2D eigenvalue weighted by molar-refractivity contribution is 5.70. The Kier molecular flexibility index (Phi) is 10.4. The summed E-state index contributed by atoms with van der Waals surface area (Å²) in [5, 5.41) is 6.74. The van der Waals surface area contributed by atoms with Crippen molar-refractivity contribution in [1.82, 2.24) is 19.9 Å². The number of nitrogens with two attached hydrogens (primary N) is 2. The number of nitrogens with zero attached hydrogens (tertiary/aromatic N) is 6. The van der Waals surface area contributed by atoms with Gasteiger partial charge >= 0.3 is 0 Å². The fourth-order valence-electron chi connectivity index (χ4n) is 4.87. The molecule has 0 aliphatic carbocycles. The molecule has 2 saturated heterocycles. The minimum atomic E-state index is 0.637. The van der Waals surface area contributed by atoms with E-state index in [1.165, 1.54) is 5.56 Å². The zero-order chi connectivity index (χ0) is 29.9. The predicted octanol–water partition coefficient (Wildman–Crippen LogP) is 3.54. The lowest BCUT2D eigenvalue weighted by atomic mass is 10.2. The lowest BCUT2D eigenvalue weighted by Crippen LogP contribution is -2.44. The number of anilines is 6. The number of hydrogen-bond donors (Lipinski definition) is 4. The van der Waals surface area contributed by atoms with E-state index in [1.807, 2.05) is 42.5 Å². The van der Waals surface area contributed by atoms with Crippen LogP contribution in [0.2, 0.25) is 0 Å². The number of benzene rings is 1. The van der Waals surface area contributed by atoms with Gasteiger partial charge in [-0.1, -0.05) is 36.4 Å². The number of nitrogens with one attached hydrogen (secondary N) is 2. The zero-order valence-electron chi connectivity index (χ0n) is 24.8. The van der Waals surface area contributed by atoms with E-state index in [0.717, 1.165) is 87.7 Å². The van der Waals surface area contributed by atoms with Gasteiger partial charge < -0.3 is 41.5 Å². The quantitative estimate of drug-likeness (QED) is 0.243. The SMILES string of the molecule is CN1CCN(c2cc(NCc3ccccc3)c(N)cn2)CC1.Nc1cnc(N2CCOCC2)cc1NCc1ccccn1. The summed E-state index contributed by atoms with van der Waals surface area (Å²) in [5.74, 6) is 1.92. The molecule has 0 amide bonds. The highest BCUT2D eigenvalue weighted by atomic mass is 16.5. The third kappa shape index (κ3) is 8.69. The molecule has 0 unspecified atom stereocenters. The molecule has 5 heterocycles. The number of aromatic nitrogens is 3. The summed E-state index contributed by atoms with van der Waals surface area (Å²) in [4.78, 5) is 20.0. The highest BCUT2D eigenvalue weighted by Gasteiger charge is 2.16. The van der Waals surface area contributed by atoms with Crippen LogP contribution in [0.3, 0.4) is 0 Å². The third-order valence-electron chi connectivity index (χ3n) is 7.51.